The highest BCUT2D eigenvalue weighted by Crippen LogP contribution is 2.45. The van der Waals surface area contributed by atoms with Crippen molar-refractivity contribution in [1.82, 2.24) is 9.97 Å². The van der Waals surface area contributed by atoms with Crippen LogP contribution < -0.4 is 0 Å². The molecule has 51 heavy (non-hydrogen) atoms. The minimum Gasteiger partial charge on any atom is -0.256 e. The Labute approximate surface area is 300 Å². The Morgan fingerprint density at radius 1 is 0.392 bits per heavy atom. The lowest BCUT2D eigenvalue weighted by Gasteiger charge is -2.13. The van der Waals surface area contributed by atoms with Crippen molar-refractivity contribution in [3.8, 4) is 73.1 Å². The standard InChI is InChI=1S/C47H29N3S/c48-28-31-17-19-34(20-18-31)45-24-22-36(30-50-45)38-25-37(35-21-23-44(49-29-35)33-11-5-2-6-12-33)26-39(27-38)41-14-8-16-43-42-15-7-13-40(46(42)51-47(41)43)32-9-3-1-4-10-32/h1-27,29-30H. The van der Waals surface area contributed by atoms with Crippen LogP contribution in [0.4, 0.5) is 0 Å². The summed E-state index contributed by atoms with van der Waals surface area (Å²) in [5.74, 6) is 0. The molecule has 0 spiro atoms. The van der Waals surface area contributed by atoms with Crippen molar-refractivity contribution in [3.63, 3.8) is 0 Å². The first kappa shape index (κ1) is 30.4. The zero-order chi connectivity index (χ0) is 34.1. The van der Waals surface area contributed by atoms with Crippen LogP contribution in [0.1, 0.15) is 5.56 Å². The zero-order valence-corrected chi connectivity index (χ0v) is 28.3. The van der Waals surface area contributed by atoms with E-state index in [1.54, 1.807) is 0 Å². The van der Waals surface area contributed by atoms with Crippen LogP contribution in [-0.4, -0.2) is 9.97 Å². The van der Waals surface area contributed by atoms with Gasteiger partial charge < -0.3 is 0 Å². The maximum absolute atomic E-state index is 9.22. The van der Waals surface area contributed by atoms with Gasteiger partial charge >= 0.3 is 0 Å². The number of hydrogen-bond donors (Lipinski definition) is 0. The molecular weight excluding hydrogens is 639 g/mol. The summed E-state index contributed by atoms with van der Waals surface area (Å²) in [4.78, 5) is 9.73. The van der Waals surface area contributed by atoms with Crippen molar-refractivity contribution in [2.75, 3.05) is 0 Å². The summed E-state index contributed by atoms with van der Waals surface area (Å²) in [7, 11) is 0. The first-order chi connectivity index (χ1) is 25.2. The molecule has 6 aromatic carbocycles. The first-order valence-corrected chi connectivity index (χ1v) is 17.7. The highest BCUT2D eigenvalue weighted by Gasteiger charge is 2.16. The fourth-order valence-electron chi connectivity index (χ4n) is 6.80. The molecule has 0 amide bonds. The van der Waals surface area contributed by atoms with Crippen LogP contribution in [0, 0.1) is 11.3 Å². The fraction of sp³-hybridized carbons (Fsp3) is 0. The van der Waals surface area contributed by atoms with Gasteiger partial charge in [0, 0.05) is 54.8 Å². The molecule has 0 fully saturated rings. The van der Waals surface area contributed by atoms with Gasteiger partial charge in [0.25, 0.3) is 0 Å². The van der Waals surface area contributed by atoms with Crippen LogP contribution in [0.15, 0.2) is 176 Å². The molecule has 3 heterocycles. The Morgan fingerprint density at radius 2 is 0.863 bits per heavy atom. The molecule has 0 aliphatic heterocycles. The Bertz CT molecular complexity index is 2710. The average Bonchev–Trinajstić information content (AvgIpc) is 3.61. The average molecular weight is 668 g/mol. The van der Waals surface area contributed by atoms with Gasteiger partial charge in [0.2, 0.25) is 0 Å². The van der Waals surface area contributed by atoms with E-state index in [1.165, 1.54) is 36.9 Å². The van der Waals surface area contributed by atoms with Crippen LogP contribution in [0.25, 0.3) is 87.2 Å². The van der Waals surface area contributed by atoms with Crippen LogP contribution in [0.5, 0.6) is 0 Å². The molecule has 4 heteroatoms. The number of thiophene rings is 1. The molecule has 0 aliphatic rings. The normalized spacial score (nSPS) is 11.1. The maximum Gasteiger partial charge on any atom is 0.0991 e. The second-order valence-corrected chi connectivity index (χ2v) is 13.6. The van der Waals surface area contributed by atoms with Gasteiger partial charge in [-0.15, -0.1) is 11.3 Å². The quantitative estimate of drug-likeness (QED) is 0.177. The molecular formula is C47H29N3S. The van der Waals surface area contributed by atoms with Crippen LogP contribution >= 0.6 is 11.3 Å². The van der Waals surface area contributed by atoms with E-state index >= 15 is 0 Å². The van der Waals surface area contributed by atoms with Crippen molar-refractivity contribution in [1.29, 1.82) is 5.26 Å². The monoisotopic (exact) mass is 667 g/mol. The largest absolute Gasteiger partial charge is 0.256 e. The molecule has 0 saturated carbocycles. The molecule has 9 rings (SSSR count). The van der Waals surface area contributed by atoms with E-state index in [0.29, 0.717) is 5.56 Å². The summed E-state index contributed by atoms with van der Waals surface area (Å²) in [5.41, 5.74) is 13.6. The van der Waals surface area contributed by atoms with E-state index in [2.05, 4.69) is 127 Å². The first-order valence-electron chi connectivity index (χ1n) is 16.9. The third-order valence-corrected chi connectivity index (χ3v) is 10.7. The summed E-state index contributed by atoms with van der Waals surface area (Å²) in [5, 5.41) is 11.8. The zero-order valence-electron chi connectivity index (χ0n) is 27.5. The molecule has 0 bridgehead atoms. The van der Waals surface area contributed by atoms with Crippen molar-refractivity contribution in [2.24, 2.45) is 0 Å². The number of nitrogens with zero attached hydrogens (tertiary/aromatic N) is 3. The molecule has 0 N–H and O–H groups in total. The Balaban J connectivity index is 1.19. The maximum atomic E-state index is 9.22. The van der Waals surface area contributed by atoms with E-state index in [-0.39, 0.29) is 0 Å². The number of hydrogen-bond acceptors (Lipinski definition) is 4. The summed E-state index contributed by atoms with van der Waals surface area (Å²) in [6.07, 6.45) is 3.92. The second kappa shape index (κ2) is 13.0. The molecule has 9 aromatic rings. The van der Waals surface area contributed by atoms with Gasteiger partial charge in [-0.2, -0.15) is 5.26 Å². The minimum atomic E-state index is 0.635. The lowest BCUT2D eigenvalue weighted by Crippen LogP contribution is -1.90. The second-order valence-electron chi connectivity index (χ2n) is 12.6. The van der Waals surface area contributed by atoms with Crippen LogP contribution in [-0.2, 0) is 0 Å². The lowest BCUT2D eigenvalue weighted by atomic mass is 9.93. The van der Waals surface area contributed by atoms with Gasteiger partial charge in [-0.05, 0) is 75.8 Å². The molecule has 238 valence electrons. The number of fused-ring (bicyclic) bond motifs is 3. The smallest absolute Gasteiger partial charge is 0.0991 e. The van der Waals surface area contributed by atoms with Crippen molar-refractivity contribution in [2.45, 2.75) is 0 Å². The molecule has 3 nitrogen and oxygen atoms in total. The minimum absolute atomic E-state index is 0.635. The summed E-state index contributed by atoms with van der Waals surface area (Å²) in [6, 6.07) is 59.2. The number of aromatic nitrogens is 2. The number of pyridine rings is 2. The van der Waals surface area contributed by atoms with Crippen molar-refractivity contribution < 1.29 is 0 Å². The molecule has 0 saturated heterocycles. The van der Waals surface area contributed by atoms with E-state index in [9.17, 15) is 5.26 Å². The van der Waals surface area contributed by atoms with Crippen LogP contribution in [0.3, 0.4) is 0 Å². The van der Waals surface area contributed by atoms with Gasteiger partial charge in [0.1, 0.15) is 0 Å². The van der Waals surface area contributed by atoms with Crippen molar-refractivity contribution >= 4 is 31.5 Å². The lowest BCUT2D eigenvalue weighted by molar-refractivity contribution is 1.32. The third kappa shape index (κ3) is 5.76. The third-order valence-electron chi connectivity index (χ3n) is 9.43. The fourth-order valence-corrected chi connectivity index (χ4v) is 8.18. The Kier molecular flexibility index (Phi) is 7.74. The number of rotatable bonds is 6. The predicted octanol–water partition coefficient (Wildman–Crippen LogP) is 12.7. The van der Waals surface area contributed by atoms with E-state index < -0.39 is 0 Å². The molecule has 3 aromatic heterocycles. The van der Waals surface area contributed by atoms with Crippen LogP contribution in [0.2, 0.25) is 0 Å². The predicted molar refractivity (Wildman–Crippen MR) is 212 cm³/mol. The Hall–Kier alpha value is -6.67. The molecule has 0 unspecified atom stereocenters. The summed E-state index contributed by atoms with van der Waals surface area (Å²) < 4.78 is 2.57. The summed E-state index contributed by atoms with van der Waals surface area (Å²) >= 11 is 1.86. The van der Waals surface area contributed by atoms with Crippen molar-refractivity contribution in [3.05, 3.63) is 182 Å². The highest BCUT2D eigenvalue weighted by atomic mass is 32.1. The molecule has 0 aliphatic carbocycles. The number of benzene rings is 6. The summed E-state index contributed by atoms with van der Waals surface area (Å²) in [6.45, 7) is 0. The van der Waals surface area contributed by atoms with Gasteiger partial charge in [-0.1, -0.05) is 121 Å². The van der Waals surface area contributed by atoms with E-state index in [1.807, 2.05) is 66.2 Å². The van der Waals surface area contributed by atoms with Gasteiger partial charge in [-0.25, -0.2) is 0 Å². The van der Waals surface area contributed by atoms with E-state index in [4.69, 9.17) is 9.97 Å². The van der Waals surface area contributed by atoms with Gasteiger partial charge in [0.05, 0.1) is 23.0 Å². The van der Waals surface area contributed by atoms with E-state index in [0.717, 1.165) is 50.3 Å². The SMILES string of the molecule is N#Cc1ccc(-c2ccc(-c3cc(-c4ccc(-c5ccccc5)nc4)cc(-c4cccc5c4sc4c(-c6ccccc6)cccc45)c3)cn2)cc1. The molecule has 0 radical (unpaired) electrons. The highest BCUT2D eigenvalue weighted by molar-refractivity contribution is 7.26. The van der Waals surface area contributed by atoms with Gasteiger partial charge in [-0.3, -0.25) is 9.97 Å². The number of nitriles is 1. The Morgan fingerprint density at radius 3 is 1.37 bits per heavy atom. The topological polar surface area (TPSA) is 49.6 Å². The molecule has 0 atom stereocenters. The van der Waals surface area contributed by atoms with Gasteiger partial charge in [0.15, 0.2) is 0 Å².